The SMILES string of the molecule is CCNC(=NCc1ccccc1CN1CC(C)OC(C)C1)NCCc1nc(C)c(C)s1.I. The number of thiazole rings is 1. The molecular formula is C24H38IN5OS. The van der Waals surface area contributed by atoms with Crippen molar-refractivity contribution in [3.63, 3.8) is 0 Å². The minimum Gasteiger partial charge on any atom is -0.373 e. The number of guanidine groups is 1. The van der Waals surface area contributed by atoms with Gasteiger partial charge in [0.1, 0.15) is 0 Å². The van der Waals surface area contributed by atoms with Crippen LogP contribution in [0.3, 0.4) is 0 Å². The van der Waals surface area contributed by atoms with Gasteiger partial charge in [0, 0.05) is 44.0 Å². The number of aryl methyl sites for hydroxylation is 2. The molecule has 1 aliphatic heterocycles. The van der Waals surface area contributed by atoms with Crippen LogP contribution in [0.15, 0.2) is 29.3 Å². The number of morpholine rings is 1. The number of hydrogen-bond donors (Lipinski definition) is 2. The maximum absolute atomic E-state index is 5.88. The van der Waals surface area contributed by atoms with Crippen LogP contribution in [0, 0.1) is 13.8 Å². The van der Waals surface area contributed by atoms with Gasteiger partial charge in [-0.1, -0.05) is 24.3 Å². The Balaban J connectivity index is 0.00000363. The second-order valence-corrected chi connectivity index (χ2v) is 9.63. The van der Waals surface area contributed by atoms with E-state index in [0.29, 0.717) is 6.54 Å². The molecule has 0 spiro atoms. The molecule has 1 aromatic heterocycles. The van der Waals surface area contributed by atoms with E-state index in [-0.39, 0.29) is 36.2 Å². The zero-order chi connectivity index (χ0) is 22.2. The molecule has 2 heterocycles. The summed E-state index contributed by atoms with van der Waals surface area (Å²) < 4.78 is 5.88. The zero-order valence-corrected chi connectivity index (χ0v) is 23.1. The maximum Gasteiger partial charge on any atom is 0.191 e. The first kappa shape index (κ1) is 27.0. The summed E-state index contributed by atoms with van der Waals surface area (Å²) in [7, 11) is 0. The molecule has 0 saturated carbocycles. The van der Waals surface area contributed by atoms with Crippen molar-refractivity contribution < 1.29 is 4.74 Å². The van der Waals surface area contributed by atoms with E-state index in [0.717, 1.165) is 50.8 Å². The fourth-order valence-corrected chi connectivity index (χ4v) is 4.89. The van der Waals surface area contributed by atoms with Crippen LogP contribution in [-0.4, -0.2) is 54.2 Å². The van der Waals surface area contributed by atoms with E-state index in [1.54, 1.807) is 11.3 Å². The third-order valence-corrected chi connectivity index (χ3v) is 6.60. The first-order chi connectivity index (χ1) is 14.9. The summed E-state index contributed by atoms with van der Waals surface area (Å²) in [6.45, 7) is 15.8. The normalized spacial score (nSPS) is 19.5. The summed E-state index contributed by atoms with van der Waals surface area (Å²) in [6.07, 6.45) is 1.47. The number of rotatable bonds is 8. The molecule has 1 aromatic carbocycles. The lowest BCUT2D eigenvalue weighted by Crippen LogP contribution is -2.44. The van der Waals surface area contributed by atoms with E-state index < -0.39 is 0 Å². The van der Waals surface area contributed by atoms with E-state index in [1.807, 2.05) is 0 Å². The van der Waals surface area contributed by atoms with Crippen molar-refractivity contribution in [3.05, 3.63) is 51.0 Å². The van der Waals surface area contributed by atoms with Crippen LogP contribution in [0.4, 0.5) is 0 Å². The number of nitrogens with zero attached hydrogens (tertiary/aromatic N) is 3. The average molecular weight is 572 g/mol. The molecular weight excluding hydrogens is 533 g/mol. The number of nitrogens with one attached hydrogen (secondary N) is 2. The minimum absolute atomic E-state index is 0. The second kappa shape index (κ2) is 13.5. The lowest BCUT2D eigenvalue weighted by atomic mass is 10.1. The molecule has 32 heavy (non-hydrogen) atoms. The smallest absolute Gasteiger partial charge is 0.191 e. The molecule has 0 radical (unpaired) electrons. The molecule has 3 rings (SSSR count). The van der Waals surface area contributed by atoms with Crippen molar-refractivity contribution in [2.24, 2.45) is 4.99 Å². The average Bonchev–Trinajstić information content (AvgIpc) is 3.03. The zero-order valence-electron chi connectivity index (χ0n) is 20.0. The fraction of sp³-hybridized carbons (Fsp3) is 0.583. The Hall–Kier alpha value is -1.23. The van der Waals surface area contributed by atoms with Crippen molar-refractivity contribution >= 4 is 41.3 Å². The Morgan fingerprint density at radius 1 is 1.16 bits per heavy atom. The number of halogens is 1. The number of ether oxygens (including phenoxy) is 1. The van der Waals surface area contributed by atoms with Gasteiger partial charge in [-0.2, -0.15) is 0 Å². The fourth-order valence-electron chi connectivity index (χ4n) is 3.96. The topological polar surface area (TPSA) is 61.8 Å². The highest BCUT2D eigenvalue weighted by Crippen LogP contribution is 2.18. The molecule has 2 N–H and O–H groups in total. The lowest BCUT2D eigenvalue weighted by Gasteiger charge is -2.35. The van der Waals surface area contributed by atoms with E-state index in [4.69, 9.17) is 9.73 Å². The van der Waals surface area contributed by atoms with Gasteiger partial charge in [0.25, 0.3) is 0 Å². The summed E-state index contributed by atoms with van der Waals surface area (Å²) in [5.41, 5.74) is 3.76. The Bertz CT molecular complexity index is 842. The van der Waals surface area contributed by atoms with Gasteiger partial charge in [0.15, 0.2) is 5.96 Å². The van der Waals surface area contributed by atoms with Gasteiger partial charge in [-0.3, -0.25) is 4.90 Å². The molecule has 178 valence electrons. The number of hydrogen-bond acceptors (Lipinski definition) is 5. The lowest BCUT2D eigenvalue weighted by molar-refractivity contribution is -0.0705. The first-order valence-electron chi connectivity index (χ1n) is 11.3. The molecule has 2 aromatic rings. The second-order valence-electron chi connectivity index (χ2n) is 8.34. The van der Waals surface area contributed by atoms with Crippen LogP contribution in [0.25, 0.3) is 0 Å². The summed E-state index contributed by atoms with van der Waals surface area (Å²) in [5, 5.41) is 8.00. The Labute approximate surface area is 214 Å². The molecule has 0 bridgehead atoms. The molecule has 2 atom stereocenters. The van der Waals surface area contributed by atoms with Crippen molar-refractivity contribution in [2.45, 2.75) is 66.3 Å². The largest absolute Gasteiger partial charge is 0.373 e. The number of aliphatic imine (C=N–C) groups is 1. The predicted octanol–water partition coefficient (Wildman–Crippen LogP) is 4.28. The maximum atomic E-state index is 5.88. The monoisotopic (exact) mass is 571 g/mol. The number of aromatic nitrogens is 1. The van der Waals surface area contributed by atoms with Gasteiger partial charge in [-0.25, -0.2) is 9.98 Å². The highest BCUT2D eigenvalue weighted by molar-refractivity contribution is 14.0. The molecule has 1 fully saturated rings. The summed E-state index contributed by atoms with van der Waals surface area (Å²) in [5.74, 6) is 0.857. The molecule has 6 nitrogen and oxygen atoms in total. The van der Waals surface area contributed by atoms with Crippen molar-refractivity contribution in [1.29, 1.82) is 0 Å². The third kappa shape index (κ3) is 8.28. The van der Waals surface area contributed by atoms with Gasteiger partial charge in [0.05, 0.1) is 29.5 Å². The van der Waals surface area contributed by atoms with E-state index in [9.17, 15) is 0 Å². The van der Waals surface area contributed by atoms with Gasteiger partial charge in [0.2, 0.25) is 0 Å². The standard InChI is InChI=1S/C24H37N5OS.HI/c1-6-25-24(26-12-11-23-28-19(4)20(5)31-23)27-13-21-9-7-8-10-22(21)16-29-14-17(2)30-18(3)15-29;/h7-10,17-18H,6,11-16H2,1-5H3,(H2,25,26,27);1H. The Morgan fingerprint density at radius 3 is 2.47 bits per heavy atom. The minimum atomic E-state index is 0. The highest BCUT2D eigenvalue weighted by Gasteiger charge is 2.22. The summed E-state index contributed by atoms with van der Waals surface area (Å²) >= 11 is 1.78. The van der Waals surface area contributed by atoms with Crippen molar-refractivity contribution in [2.75, 3.05) is 26.2 Å². The van der Waals surface area contributed by atoms with Crippen LogP contribution in [0.5, 0.6) is 0 Å². The summed E-state index contributed by atoms with van der Waals surface area (Å²) in [6, 6.07) is 8.64. The highest BCUT2D eigenvalue weighted by atomic mass is 127. The molecule has 2 unspecified atom stereocenters. The van der Waals surface area contributed by atoms with E-state index in [1.165, 1.54) is 21.0 Å². The van der Waals surface area contributed by atoms with Crippen LogP contribution < -0.4 is 10.6 Å². The third-order valence-electron chi connectivity index (χ3n) is 5.46. The molecule has 0 aliphatic carbocycles. The van der Waals surface area contributed by atoms with Gasteiger partial charge in [-0.05, 0) is 45.7 Å². The molecule has 1 aliphatic rings. The molecule has 0 amide bonds. The number of benzene rings is 1. The Kier molecular flexibility index (Phi) is 11.4. The molecule has 8 heteroatoms. The van der Waals surface area contributed by atoms with Gasteiger partial charge in [-0.15, -0.1) is 35.3 Å². The van der Waals surface area contributed by atoms with Crippen LogP contribution in [0.1, 0.15) is 47.5 Å². The first-order valence-corrected chi connectivity index (χ1v) is 12.2. The van der Waals surface area contributed by atoms with Crippen LogP contribution in [0.2, 0.25) is 0 Å². The molecule has 1 saturated heterocycles. The Morgan fingerprint density at radius 2 is 1.84 bits per heavy atom. The van der Waals surface area contributed by atoms with E-state index in [2.05, 4.69) is 79.4 Å². The van der Waals surface area contributed by atoms with Crippen molar-refractivity contribution in [3.8, 4) is 0 Å². The van der Waals surface area contributed by atoms with Gasteiger partial charge >= 0.3 is 0 Å². The predicted molar refractivity (Wildman–Crippen MR) is 145 cm³/mol. The summed E-state index contributed by atoms with van der Waals surface area (Å²) in [4.78, 5) is 13.3. The van der Waals surface area contributed by atoms with Crippen LogP contribution >= 0.6 is 35.3 Å². The quantitative estimate of drug-likeness (QED) is 0.282. The van der Waals surface area contributed by atoms with Crippen molar-refractivity contribution in [1.82, 2.24) is 20.5 Å². The van der Waals surface area contributed by atoms with Gasteiger partial charge < -0.3 is 15.4 Å². The van der Waals surface area contributed by atoms with E-state index >= 15 is 0 Å². The van der Waals surface area contributed by atoms with Crippen LogP contribution in [-0.2, 0) is 24.2 Å².